The van der Waals surface area contributed by atoms with E-state index in [1.54, 1.807) is 0 Å². The third-order valence-corrected chi connectivity index (χ3v) is 5.44. The van der Waals surface area contributed by atoms with Crippen LogP contribution in [0, 0.1) is 5.92 Å². The molecule has 3 heterocycles. The number of hydrogen-bond donors (Lipinski definition) is 1. The second-order valence-corrected chi connectivity index (χ2v) is 7.27. The zero-order valence-electron chi connectivity index (χ0n) is 13.7. The molecular formula is C18H23ClN4O. The fraction of sp³-hybridized carbons (Fsp3) is 0.556. The summed E-state index contributed by atoms with van der Waals surface area (Å²) < 4.78 is 5.43. The molecule has 0 radical (unpaired) electrons. The predicted molar refractivity (Wildman–Crippen MR) is 93.8 cm³/mol. The highest BCUT2D eigenvalue weighted by Gasteiger charge is 2.28. The largest absolute Gasteiger partial charge is 0.338 e. The van der Waals surface area contributed by atoms with Crippen LogP contribution >= 0.6 is 11.6 Å². The lowest BCUT2D eigenvalue weighted by Gasteiger charge is -2.34. The van der Waals surface area contributed by atoms with Gasteiger partial charge in [0.1, 0.15) is 0 Å². The van der Waals surface area contributed by atoms with Crippen molar-refractivity contribution in [3.63, 3.8) is 0 Å². The van der Waals surface area contributed by atoms with Crippen LogP contribution < -0.4 is 5.32 Å². The Kier molecular flexibility index (Phi) is 4.83. The summed E-state index contributed by atoms with van der Waals surface area (Å²) in [5.74, 6) is 2.12. The van der Waals surface area contributed by atoms with Crippen LogP contribution in [0.25, 0.3) is 11.4 Å². The van der Waals surface area contributed by atoms with Crippen LogP contribution in [0.2, 0.25) is 5.02 Å². The Morgan fingerprint density at radius 1 is 1.25 bits per heavy atom. The van der Waals surface area contributed by atoms with Crippen LogP contribution in [0.1, 0.15) is 31.6 Å². The molecule has 1 aromatic heterocycles. The van der Waals surface area contributed by atoms with E-state index in [1.165, 1.54) is 32.2 Å². The SMILES string of the molecule is Clc1cccc(-c2noc(CN3CCC(C4CCCN4)CC3)n2)c1. The van der Waals surface area contributed by atoms with Gasteiger partial charge in [0.25, 0.3) is 0 Å². The van der Waals surface area contributed by atoms with Crippen LogP contribution in [-0.4, -0.2) is 40.7 Å². The first-order valence-corrected chi connectivity index (χ1v) is 9.20. The van der Waals surface area contributed by atoms with Crippen LogP contribution in [0.4, 0.5) is 0 Å². The molecule has 2 aliphatic rings. The highest BCUT2D eigenvalue weighted by atomic mass is 35.5. The average molecular weight is 347 g/mol. The van der Waals surface area contributed by atoms with E-state index in [0.717, 1.165) is 37.2 Å². The van der Waals surface area contributed by atoms with Gasteiger partial charge in [0, 0.05) is 16.6 Å². The maximum atomic E-state index is 6.03. The second-order valence-electron chi connectivity index (χ2n) is 6.84. The van der Waals surface area contributed by atoms with E-state index in [4.69, 9.17) is 16.1 Å². The normalized spacial score (nSPS) is 23.0. The molecule has 0 saturated carbocycles. The monoisotopic (exact) mass is 346 g/mol. The molecule has 1 N–H and O–H groups in total. The number of piperidine rings is 1. The van der Waals surface area contributed by atoms with Crippen molar-refractivity contribution in [3.8, 4) is 11.4 Å². The Hall–Kier alpha value is -1.43. The van der Waals surface area contributed by atoms with E-state index >= 15 is 0 Å². The lowest BCUT2D eigenvalue weighted by atomic mass is 9.88. The lowest BCUT2D eigenvalue weighted by molar-refractivity contribution is 0.143. The molecule has 0 spiro atoms. The summed E-state index contributed by atoms with van der Waals surface area (Å²) in [5.41, 5.74) is 0.892. The van der Waals surface area contributed by atoms with Crippen LogP contribution in [0.5, 0.6) is 0 Å². The summed E-state index contributed by atoms with van der Waals surface area (Å²) >= 11 is 6.03. The quantitative estimate of drug-likeness (QED) is 0.920. The minimum atomic E-state index is 0.609. The Bertz CT molecular complexity index is 675. The molecule has 1 aromatic carbocycles. The van der Waals surface area contributed by atoms with Gasteiger partial charge >= 0.3 is 0 Å². The third kappa shape index (κ3) is 3.63. The molecule has 24 heavy (non-hydrogen) atoms. The standard InChI is InChI=1S/C18H23ClN4O/c19-15-4-1-3-14(11-15)18-21-17(24-22-18)12-23-9-6-13(7-10-23)16-5-2-8-20-16/h1,3-4,11,13,16,20H,2,5-10,12H2. The summed E-state index contributed by atoms with van der Waals surface area (Å²) in [5, 5.41) is 8.42. The van der Waals surface area contributed by atoms with Gasteiger partial charge in [-0.2, -0.15) is 4.98 Å². The van der Waals surface area contributed by atoms with Gasteiger partial charge in [0.2, 0.25) is 11.7 Å². The van der Waals surface area contributed by atoms with Gasteiger partial charge in [-0.3, -0.25) is 4.90 Å². The Balaban J connectivity index is 1.33. The molecule has 6 heteroatoms. The molecule has 1 unspecified atom stereocenters. The summed E-state index contributed by atoms with van der Waals surface area (Å²) in [4.78, 5) is 6.94. The van der Waals surface area contributed by atoms with Crippen molar-refractivity contribution in [3.05, 3.63) is 35.2 Å². The van der Waals surface area contributed by atoms with Crippen molar-refractivity contribution in [1.29, 1.82) is 0 Å². The number of nitrogens with one attached hydrogen (secondary N) is 1. The Morgan fingerprint density at radius 2 is 2.12 bits per heavy atom. The van der Waals surface area contributed by atoms with Crippen LogP contribution in [0.15, 0.2) is 28.8 Å². The summed E-state index contributed by atoms with van der Waals surface area (Å²) in [6.45, 7) is 4.15. The van der Waals surface area contributed by atoms with Crippen molar-refractivity contribution in [1.82, 2.24) is 20.4 Å². The number of nitrogens with zero attached hydrogens (tertiary/aromatic N) is 3. The Labute approximate surface area is 147 Å². The molecule has 4 rings (SSSR count). The van der Waals surface area contributed by atoms with E-state index in [0.29, 0.717) is 16.7 Å². The molecular weight excluding hydrogens is 324 g/mol. The Morgan fingerprint density at radius 3 is 2.88 bits per heavy atom. The zero-order valence-corrected chi connectivity index (χ0v) is 14.5. The number of halogens is 1. The number of aromatic nitrogens is 2. The molecule has 5 nitrogen and oxygen atoms in total. The van der Waals surface area contributed by atoms with Gasteiger partial charge in [-0.1, -0.05) is 28.9 Å². The van der Waals surface area contributed by atoms with Gasteiger partial charge in [0.05, 0.1) is 6.54 Å². The minimum Gasteiger partial charge on any atom is -0.338 e. The van der Waals surface area contributed by atoms with E-state index in [1.807, 2.05) is 24.3 Å². The molecule has 128 valence electrons. The molecule has 0 amide bonds. The van der Waals surface area contributed by atoms with E-state index in [-0.39, 0.29) is 0 Å². The first-order chi connectivity index (χ1) is 11.8. The number of benzene rings is 1. The average Bonchev–Trinajstić information content (AvgIpc) is 3.27. The first-order valence-electron chi connectivity index (χ1n) is 8.82. The lowest BCUT2D eigenvalue weighted by Crippen LogP contribution is -2.40. The van der Waals surface area contributed by atoms with Gasteiger partial charge in [-0.15, -0.1) is 0 Å². The highest BCUT2D eigenvalue weighted by molar-refractivity contribution is 6.30. The fourth-order valence-electron chi connectivity index (χ4n) is 3.88. The molecule has 2 aliphatic heterocycles. The second kappa shape index (κ2) is 7.21. The molecule has 1 atom stereocenters. The first kappa shape index (κ1) is 16.1. The van der Waals surface area contributed by atoms with Crippen molar-refractivity contribution in [2.75, 3.05) is 19.6 Å². The van der Waals surface area contributed by atoms with Gasteiger partial charge < -0.3 is 9.84 Å². The predicted octanol–water partition coefficient (Wildman–Crippen LogP) is 3.35. The number of hydrogen-bond acceptors (Lipinski definition) is 5. The van der Waals surface area contributed by atoms with Crippen LogP contribution in [0.3, 0.4) is 0 Å². The molecule has 0 aliphatic carbocycles. The van der Waals surface area contributed by atoms with Crippen LogP contribution in [-0.2, 0) is 6.54 Å². The van der Waals surface area contributed by atoms with Crippen molar-refractivity contribution in [2.24, 2.45) is 5.92 Å². The highest BCUT2D eigenvalue weighted by Crippen LogP contribution is 2.26. The topological polar surface area (TPSA) is 54.2 Å². The molecule has 2 fully saturated rings. The third-order valence-electron chi connectivity index (χ3n) is 5.21. The van der Waals surface area contributed by atoms with Crippen molar-refractivity contribution >= 4 is 11.6 Å². The van der Waals surface area contributed by atoms with Gasteiger partial charge in [-0.25, -0.2) is 0 Å². The van der Waals surface area contributed by atoms with Gasteiger partial charge in [-0.05, 0) is 63.4 Å². The summed E-state index contributed by atoms with van der Waals surface area (Å²) in [6.07, 6.45) is 5.19. The maximum Gasteiger partial charge on any atom is 0.241 e. The molecule has 0 bridgehead atoms. The zero-order chi connectivity index (χ0) is 16.4. The maximum absolute atomic E-state index is 6.03. The van der Waals surface area contributed by atoms with E-state index < -0.39 is 0 Å². The van der Waals surface area contributed by atoms with E-state index in [2.05, 4.69) is 20.4 Å². The fourth-order valence-corrected chi connectivity index (χ4v) is 4.07. The van der Waals surface area contributed by atoms with Crippen molar-refractivity contribution in [2.45, 2.75) is 38.3 Å². The van der Waals surface area contributed by atoms with Gasteiger partial charge in [0.15, 0.2) is 0 Å². The molecule has 2 aromatic rings. The van der Waals surface area contributed by atoms with E-state index in [9.17, 15) is 0 Å². The smallest absolute Gasteiger partial charge is 0.241 e. The minimum absolute atomic E-state index is 0.609. The molecule has 2 saturated heterocycles. The summed E-state index contributed by atoms with van der Waals surface area (Å²) in [6, 6.07) is 8.28. The van der Waals surface area contributed by atoms with Crippen molar-refractivity contribution < 1.29 is 4.52 Å². The number of rotatable bonds is 4. The number of likely N-dealkylation sites (tertiary alicyclic amines) is 1. The summed E-state index contributed by atoms with van der Waals surface area (Å²) in [7, 11) is 0.